The number of hydrogen-bond acceptors (Lipinski definition) is 4. The first-order valence-electron chi connectivity index (χ1n) is 8.37. The molecule has 2 heterocycles. The number of benzene rings is 1. The molecule has 0 aliphatic heterocycles. The molecule has 0 bridgehead atoms. The van der Waals surface area contributed by atoms with Crippen LogP contribution in [0.25, 0.3) is 5.65 Å². The molecule has 0 unspecified atom stereocenters. The van der Waals surface area contributed by atoms with Gasteiger partial charge < -0.3 is 16.4 Å². The maximum absolute atomic E-state index is 11.3. The second kappa shape index (κ2) is 9.86. The molecule has 4 N–H and O–H groups in total. The number of carbonyl (C=O) groups excluding carboxylic acids is 1. The smallest absolute Gasteiger partial charge is 0.248 e. The Kier molecular flexibility index (Phi) is 7.53. The van der Waals surface area contributed by atoms with Gasteiger partial charge in [0, 0.05) is 18.3 Å². The van der Waals surface area contributed by atoms with Crippen molar-refractivity contribution < 1.29 is 4.79 Å². The molecule has 0 radical (unpaired) electrons. The van der Waals surface area contributed by atoms with E-state index in [1.54, 1.807) is 18.2 Å². The summed E-state index contributed by atoms with van der Waals surface area (Å²) in [6, 6.07) is 12.9. The number of aliphatic imine (C=N–C) groups is 1. The summed E-state index contributed by atoms with van der Waals surface area (Å²) in [4.78, 5) is 15.8. The lowest BCUT2D eigenvalue weighted by molar-refractivity contribution is 0.1000. The number of pyridine rings is 1. The predicted molar refractivity (Wildman–Crippen MR) is 115 cm³/mol. The number of nitrogens with two attached hydrogens (primary N) is 1. The maximum atomic E-state index is 11.3. The van der Waals surface area contributed by atoms with E-state index >= 15 is 0 Å². The van der Waals surface area contributed by atoms with Crippen molar-refractivity contribution in [3.8, 4) is 0 Å². The van der Waals surface area contributed by atoms with E-state index in [4.69, 9.17) is 5.73 Å². The molecule has 0 spiro atoms. The van der Waals surface area contributed by atoms with Crippen molar-refractivity contribution in [2.24, 2.45) is 10.7 Å². The maximum Gasteiger partial charge on any atom is 0.248 e. The molecule has 3 rings (SSSR count). The monoisotopic (exact) mass is 479 g/mol. The van der Waals surface area contributed by atoms with Crippen LogP contribution in [0, 0.1) is 0 Å². The lowest BCUT2D eigenvalue weighted by atomic mass is 10.1. The van der Waals surface area contributed by atoms with Crippen molar-refractivity contribution in [3.05, 3.63) is 65.6 Å². The number of halogens is 1. The van der Waals surface area contributed by atoms with E-state index < -0.39 is 5.91 Å². The fraction of sp³-hybridized carbons (Fsp3) is 0.222. The van der Waals surface area contributed by atoms with Crippen molar-refractivity contribution in [2.75, 3.05) is 6.54 Å². The molecule has 0 saturated heterocycles. The zero-order valence-corrected chi connectivity index (χ0v) is 17.3. The number of fused-ring (bicyclic) bond motifs is 1. The minimum absolute atomic E-state index is 0. The third-order valence-electron chi connectivity index (χ3n) is 3.77. The molecule has 2 aromatic heterocycles. The highest BCUT2D eigenvalue weighted by atomic mass is 127. The topological polar surface area (TPSA) is 110 Å². The van der Waals surface area contributed by atoms with Gasteiger partial charge in [-0.05, 0) is 36.8 Å². The summed E-state index contributed by atoms with van der Waals surface area (Å²) in [5.41, 5.74) is 7.51. The summed E-state index contributed by atoms with van der Waals surface area (Å²) < 4.78 is 1.92. The van der Waals surface area contributed by atoms with Gasteiger partial charge in [0.15, 0.2) is 17.4 Å². The van der Waals surface area contributed by atoms with Crippen LogP contribution >= 0.6 is 24.0 Å². The molecule has 0 atom stereocenters. The summed E-state index contributed by atoms with van der Waals surface area (Å²) in [5.74, 6) is 1.01. The van der Waals surface area contributed by atoms with E-state index in [9.17, 15) is 4.79 Å². The number of nitrogens with one attached hydrogen (secondary N) is 2. The third-order valence-corrected chi connectivity index (χ3v) is 3.77. The Morgan fingerprint density at radius 3 is 2.81 bits per heavy atom. The van der Waals surface area contributed by atoms with Gasteiger partial charge in [0.05, 0.1) is 13.1 Å². The molecule has 9 heteroatoms. The van der Waals surface area contributed by atoms with Crippen LogP contribution in [0.5, 0.6) is 0 Å². The van der Waals surface area contributed by atoms with E-state index in [1.807, 2.05) is 41.8 Å². The van der Waals surface area contributed by atoms with Gasteiger partial charge in [0.2, 0.25) is 5.91 Å². The lowest BCUT2D eigenvalue weighted by Gasteiger charge is -2.10. The highest BCUT2D eigenvalue weighted by Crippen LogP contribution is 2.06. The van der Waals surface area contributed by atoms with Crippen LogP contribution in [0.2, 0.25) is 0 Å². The molecule has 0 saturated carbocycles. The summed E-state index contributed by atoms with van der Waals surface area (Å²) in [7, 11) is 0. The summed E-state index contributed by atoms with van der Waals surface area (Å²) in [6.07, 6.45) is 1.92. The third kappa shape index (κ3) is 5.39. The number of primary amides is 1. The van der Waals surface area contributed by atoms with Crippen molar-refractivity contribution >= 4 is 41.5 Å². The molecule has 0 aliphatic rings. The first-order chi connectivity index (χ1) is 12.7. The van der Waals surface area contributed by atoms with Gasteiger partial charge in [-0.1, -0.05) is 18.2 Å². The fourth-order valence-corrected chi connectivity index (χ4v) is 2.51. The Balaban J connectivity index is 0.00000261. The summed E-state index contributed by atoms with van der Waals surface area (Å²) in [6.45, 7) is 3.64. The van der Waals surface area contributed by atoms with Crippen LogP contribution in [0.4, 0.5) is 0 Å². The van der Waals surface area contributed by atoms with Crippen LogP contribution < -0.4 is 16.4 Å². The molecule has 1 amide bonds. The molecule has 27 heavy (non-hydrogen) atoms. The standard InChI is InChI=1S/C18H21N7O.HI/c1-2-20-18(21-11-13-6-5-7-14(10-13)17(19)26)22-12-16-24-23-15-8-3-4-9-25(15)16;/h3-10H,2,11-12H2,1H3,(H2,19,26)(H2,20,21,22);1H. The highest BCUT2D eigenvalue weighted by Gasteiger charge is 2.06. The number of aromatic nitrogens is 3. The van der Waals surface area contributed by atoms with Gasteiger partial charge in [-0.3, -0.25) is 9.20 Å². The zero-order valence-electron chi connectivity index (χ0n) is 14.9. The van der Waals surface area contributed by atoms with Gasteiger partial charge in [-0.25, -0.2) is 4.99 Å². The van der Waals surface area contributed by atoms with Crippen molar-refractivity contribution in [3.63, 3.8) is 0 Å². The average molecular weight is 479 g/mol. The predicted octanol–water partition coefficient (Wildman–Crippen LogP) is 1.70. The van der Waals surface area contributed by atoms with Gasteiger partial charge in [-0.2, -0.15) is 0 Å². The summed E-state index contributed by atoms with van der Waals surface area (Å²) >= 11 is 0. The molecule has 0 fully saturated rings. The van der Waals surface area contributed by atoms with Crippen LogP contribution in [0.1, 0.15) is 28.7 Å². The molecule has 1 aromatic carbocycles. The molecule has 8 nitrogen and oxygen atoms in total. The van der Waals surface area contributed by atoms with E-state index in [0.717, 1.165) is 23.6 Å². The van der Waals surface area contributed by atoms with Gasteiger partial charge in [-0.15, -0.1) is 34.2 Å². The fourth-order valence-electron chi connectivity index (χ4n) is 2.51. The Morgan fingerprint density at radius 1 is 1.19 bits per heavy atom. The zero-order chi connectivity index (χ0) is 18.4. The average Bonchev–Trinajstić information content (AvgIpc) is 3.07. The van der Waals surface area contributed by atoms with Crippen LogP contribution in [-0.4, -0.2) is 33.0 Å². The van der Waals surface area contributed by atoms with Gasteiger partial charge in [0.1, 0.15) is 0 Å². The van der Waals surface area contributed by atoms with E-state index in [-0.39, 0.29) is 24.0 Å². The molecule has 0 aliphatic carbocycles. The second-order valence-electron chi connectivity index (χ2n) is 5.66. The lowest BCUT2D eigenvalue weighted by Crippen LogP contribution is -2.37. The minimum Gasteiger partial charge on any atom is -0.366 e. The Bertz CT molecular complexity index is 938. The normalized spacial score (nSPS) is 11.1. The molecule has 3 aromatic rings. The van der Waals surface area contributed by atoms with Gasteiger partial charge >= 0.3 is 0 Å². The largest absolute Gasteiger partial charge is 0.366 e. The number of hydrogen-bond donors (Lipinski definition) is 3. The van der Waals surface area contributed by atoms with Gasteiger partial charge in [0.25, 0.3) is 0 Å². The molecular weight excluding hydrogens is 457 g/mol. The minimum atomic E-state index is -0.445. The molecule has 142 valence electrons. The first-order valence-corrected chi connectivity index (χ1v) is 8.37. The van der Waals surface area contributed by atoms with Crippen LogP contribution in [-0.2, 0) is 13.1 Å². The van der Waals surface area contributed by atoms with Crippen molar-refractivity contribution in [1.29, 1.82) is 0 Å². The highest BCUT2D eigenvalue weighted by molar-refractivity contribution is 14.0. The molecular formula is C18H22IN7O. The SMILES string of the molecule is CCNC(=NCc1cccc(C(N)=O)c1)NCc1nnc2ccccn12.I. The van der Waals surface area contributed by atoms with Crippen molar-refractivity contribution in [2.45, 2.75) is 20.0 Å². The van der Waals surface area contributed by atoms with Crippen LogP contribution in [0.3, 0.4) is 0 Å². The quantitative estimate of drug-likeness (QED) is 0.283. The summed E-state index contributed by atoms with van der Waals surface area (Å²) in [5, 5.41) is 14.8. The first kappa shape index (κ1) is 20.6. The number of guanidine groups is 1. The number of rotatable bonds is 6. The second-order valence-corrected chi connectivity index (χ2v) is 5.66. The Morgan fingerprint density at radius 2 is 2.04 bits per heavy atom. The number of amides is 1. The Hall–Kier alpha value is -2.69. The van der Waals surface area contributed by atoms with E-state index in [2.05, 4.69) is 25.8 Å². The van der Waals surface area contributed by atoms with E-state index in [1.165, 1.54) is 0 Å². The number of nitrogens with zero attached hydrogens (tertiary/aromatic N) is 4. The Labute approximate surface area is 174 Å². The van der Waals surface area contributed by atoms with Crippen molar-refractivity contribution in [1.82, 2.24) is 25.2 Å². The van der Waals surface area contributed by atoms with E-state index in [0.29, 0.717) is 24.6 Å². The van der Waals surface area contributed by atoms with Crippen LogP contribution in [0.15, 0.2) is 53.7 Å². The number of carbonyl (C=O) groups is 1.